The first-order chi connectivity index (χ1) is 3.83. The quantitative estimate of drug-likeness (QED) is 0.618. The molecule has 1 saturated carbocycles. The van der Waals surface area contributed by atoms with Crippen molar-refractivity contribution in [2.45, 2.75) is 25.3 Å². The highest BCUT2D eigenvalue weighted by Crippen LogP contribution is 2.32. The summed E-state index contributed by atoms with van der Waals surface area (Å²) in [4.78, 5) is 0. The molecule has 0 aromatic rings. The van der Waals surface area contributed by atoms with Crippen molar-refractivity contribution in [1.82, 2.24) is 0 Å². The third kappa shape index (κ3) is 3.73. The van der Waals surface area contributed by atoms with E-state index in [2.05, 4.69) is 0 Å². The van der Waals surface area contributed by atoms with Gasteiger partial charge in [0.15, 0.2) is 0 Å². The first-order valence-corrected chi connectivity index (χ1v) is 3.19. The van der Waals surface area contributed by atoms with E-state index in [1.807, 2.05) is 0 Å². The van der Waals surface area contributed by atoms with E-state index in [1.54, 1.807) is 0 Å². The summed E-state index contributed by atoms with van der Waals surface area (Å²) in [7, 11) is 0. The third-order valence-electron chi connectivity index (χ3n) is 1.57. The van der Waals surface area contributed by atoms with Crippen LogP contribution < -0.4 is 5.73 Å². The maximum absolute atomic E-state index is 8.49. The van der Waals surface area contributed by atoms with Crippen molar-refractivity contribution in [2.75, 3.05) is 6.61 Å². The fourth-order valence-corrected chi connectivity index (χ4v) is 0.856. The minimum Gasteiger partial charge on any atom is -0.395 e. The van der Waals surface area contributed by atoms with Crippen molar-refractivity contribution in [1.29, 1.82) is 0 Å². The van der Waals surface area contributed by atoms with E-state index in [-0.39, 0.29) is 25.1 Å². The van der Waals surface area contributed by atoms with E-state index >= 15 is 0 Å². The Morgan fingerprint density at radius 2 is 2.11 bits per heavy atom. The average molecular weight is 152 g/mol. The standard InChI is InChI=1S/C6H13NO.ClH/c7-6(4-8)3-5-1-2-5;/h5-6,8H,1-4,7H2;1H. The van der Waals surface area contributed by atoms with E-state index in [0.29, 0.717) is 0 Å². The molecule has 2 nitrogen and oxygen atoms in total. The van der Waals surface area contributed by atoms with Crippen LogP contribution in [0.25, 0.3) is 0 Å². The largest absolute Gasteiger partial charge is 0.395 e. The van der Waals surface area contributed by atoms with E-state index in [1.165, 1.54) is 12.8 Å². The molecule has 3 heteroatoms. The summed E-state index contributed by atoms with van der Waals surface area (Å²) in [6.45, 7) is 0.149. The normalized spacial score (nSPS) is 20.7. The first kappa shape index (κ1) is 9.21. The maximum atomic E-state index is 8.49. The van der Waals surface area contributed by atoms with E-state index in [9.17, 15) is 0 Å². The summed E-state index contributed by atoms with van der Waals surface area (Å²) in [6.07, 6.45) is 3.68. The van der Waals surface area contributed by atoms with Crippen molar-refractivity contribution < 1.29 is 5.11 Å². The highest BCUT2D eigenvalue weighted by Gasteiger charge is 2.23. The topological polar surface area (TPSA) is 46.2 Å². The molecule has 1 rings (SSSR count). The molecule has 0 spiro atoms. The van der Waals surface area contributed by atoms with Crippen molar-refractivity contribution in [3.8, 4) is 0 Å². The minimum absolute atomic E-state index is 0. The summed E-state index contributed by atoms with van der Waals surface area (Å²) in [5.74, 6) is 0.845. The lowest BCUT2D eigenvalue weighted by atomic mass is 10.2. The number of aliphatic hydroxyl groups is 1. The van der Waals surface area contributed by atoms with Crippen molar-refractivity contribution in [3.63, 3.8) is 0 Å². The van der Waals surface area contributed by atoms with Gasteiger partial charge in [-0.25, -0.2) is 0 Å². The molecule has 0 radical (unpaired) electrons. The molecule has 0 amide bonds. The molecule has 1 unspecified atom stereocenters. The summed E-state index contributed by atoms with van der Waals surface area (Å²) in [6, 6.07) is 0.0440. The lowest BCUT2D eigenvalue weighted by molar-refractivity contribution is 0.256. The van der Waals surface area contributed by atoms with Crippen LogP contribution in [-0.4, -0.2) is 17.8 Å². The Labute approximate surface area is 61.8 Å². The zero-order chi connectivity index (χ0) is 5.98. The van der Waals surface area contributed by atoms with Crippen LogP contribution in [0.5, 0.6) is 0 Å². The molecule has 56 valence electrons. The number of hydrogen-bond acceptors (Lipinski definition) is 2. The fourth-order valence-electron chi connectivity index (χ4n) is 0.856. The van der Waals surface area contributed by atoms with Gasteiger partial charge in [0, 0.05) is 6.04 Å². The van der Waals surface area contributed by atoms with Crippen LogP contribution in [0.1, 0.15) is 19.3 Å². The Bertz CT molecular complexity index is 75.5. The zero-order valence-electron chi connectivity index (χ0n) is 5.42. The molecule has 1 fully saturated rings. The Hall–Kier alpha value is 0.210. The van der Waals surface area contributed by atoms with Crippen LogP contribution in [0.3, 0.4) is 0 Å². The van der Waals surface area contributed by atoms with Gasteiger partial charge < -0.3 is 10.8 Å². The minimum atomic E-state index is 0. The molecule has 0 heterocycles. The number of nitrogens with two attached hydrogens (primary N) is 1. The van der Waals surface area contributed by atoms with Gasteiger partial charge in [-0.15, -0.1) is 12.4 Å². The molecule has 9 heavy (non-hydrogen) atoms. The van der Waals surface area contributed by atoms with Crippen LogP contribution >= 0.6 is 12.4 Å². The van der Waals surface area contributed by atoms with E-state index in [4.69, 9.17) is 10.8 Å². The average Bonchev–Trinajstić information content (AvgIpc) is 2.50. The number of rotatable bonds is 3. The predicted molar refractivity (Wildman–Crippen MR) is 39.7 cm³/mol. The maximum Gasteiger partial charge on any atom is 0.0582 e. The van der Waals surface area contributed by atoms with Gasteiger partial charge >= 0.3 is 0 Å². The van der Waals surface area contributed by atoms with Gasteiger partial charge in [0.05, 0.1) is 6.61 Å². The van der Waals surface area contributed by atoms with Gasteiger partial charge in [0.25, 0.3) is 0 Å². The van der Waals surface area contributed by atoms with Gasteiger partial charge in [-0.1, -0.05) is 12.8 Å². The van der Waals surface area contributed by atoms with Gasteiger partial charge in [-0.2, -0.15) is 0 Å². The van der Waals surface area contributed by atoms with Crippen LogP contribution in [0, 0.1) is 5.92 Å². The fraction of sp³-hybridized carbons (Fsp3) is 1.00. The SMILES string of the molecule is Cl.NC(CO)CC1CC1. The highest BCUT2D eigenvalue weighted by molar-refractivity contribution is 5.85. The van der Waals surface area contributed by atoms with Crippen molar-refractivity contribution >= 4 is 12.4 Å². The molecule has 1 aliphatic carbocycles. The van der Waals surface area contributed by atoms with Crippen LogP contribution in [0.15, 0.2) is 0 Å². The first-order valence-electron chi connectivity index (χ1n) is 3.19. The van der Waals surface area contributed by atoms with Gasteiger partial charge in [0.2, 0.25) is 0 Å². The molecule has 0 bridgehead atoms. The predicted octanol–water partition coefficient (Wildman–Crippen LogP) is 0.528. The molecule has 1 aliphatic rings. The molecule has 0 aliphatic heterocycles. The molecule has 1 atom stereocenters. The second-order valence-electron chi connectivity index (χ2n) is 2.62. The Morgan fingerprint density at radius 1 is 1.56 bits per heavy atom. The summed E-state index contributed by atoms with van der Waals surface area (Å²) in [5.41, 5.74) is 5.46. The smallest absolute Gasteiger partial charge is 0.0582 e. The van der Waals surface area contributed by atoms with Gasteiger partial charge in [-0.3, -0.25) is 0 Å². The Kier molecular flexibility index (Phi) is 4.19. The molecule has 0 aromatic carbocycles. The monoisotopic (exact) mass is 151 g/mol. The second-order valence-corrected chi connectivity index (χ2v) is 2.62. The van der Waals surface area contributed by atoms with E-state index < -0.39 is 0 Å². The second kappa shape index (κ2) is 4.09. The highest BCUT2D eigenvalue weighted by atomic mass is 35.5. The zero-order valence-corrected chi connectivity index (χ0v) is 6.23. The summed E-state index contributed by atoms with van der Waals surface area (Å²) >= 11 is 0. The van der Waals surface area contributed by atoms with Crippen LogP contribution in [0.2, 0.25) is 0 Å². The number of halogens is 1. The van der Waals surface area contributed by atoms with Crippen LogP contribution in [-0.2, 0) is 0 Å². The number of hydrogen-bond donors (Lipinski definition) is 2. The molecule has 0 aromatic heterocycles. The lowest BCUT2D eigenvalue weighted by Crippen LogP contribution is -2.24. The molecular formula is C6H14ClNO. The molecule has 3 N–H and O–H groups in total. The lowest BCUT2D eigenvalue weighted by Gasteiger charge is -2.03. The Morgan fingerprint density at radius 3 is 2.44 bits per heavy atom. The van der Waals surface area contributed by atoms with Crippen molar-refractivity contribution in [2.24, 2.45) is 11.7 Å². The van der Waals surface area contributed by atoms with Crippen LogP contribution in [0.4, 0.5) is 0 Å². The van der Waals surface area contributed by atoms with Gasteiger partial charge in [0.1, 0.15) is 0 Å². The van der Waals surface area contributed by atoms with E-state index in [0.717, 1.165) is 12.3 Å². The Balaban J connectivity index is 0.000000640. The van der Waals surface area contributed by atoms with Crippen molar-refractivity contribution in [3.05, 3.63) is 0 Å². The van der Waals surface area contributed by atoms with Gasteiger partial charge in [-0.05, 0) is 12.3 Å². The molecule has 0 saturated heterocycles. The third-order valence-corrected chi connectivity index (χ3v) is 1.57. The summed E-state index contributed by atoms with van der Waals surface area (Å²) < 4.78 is 0. The molecular weight excluding hydrogens is 138 g/mol. The number of aliphatic hydroxyl groups excluding tert-OH is 1. The summed E-state index contributed by atoms with van der Waals surface area (Å²) in [5, 5.41) is 8.49.